The normalized spacial score (nSPS) is 26.4. The fourth-order valence-corrected chi connectivity index (χ4v) is 6.85. The smallest absolute Gasteiger partial charge is 0.224 e. The van der Waals surface area contributed by atoms with E-state index in [1.54, 1.807) is 23.7 Å². The molecule has 4 heterocycles. The molecule has 0 saturated heterocycles. The van der Waals surface area contributed by atoms with E-state index in [1.807, 2.05) is 24.8 Å². The maximum Gasteiger partial charge on any atom is 0.224 e. The SMILES string of the molecule is Cc1nc(NCCC2SC=CC2C)nc(N[C@@H]2C[C@H](CO)[C@@H](O)C2)c1-c1nc2cnccc2s1. The molecule has 0 amide bonds. The van der Waals surface area contributed by atoms with Gasteiger partial charge in [0.1, 0.15) is 16.3 Å². The van der Waals surface area contributed by atoms with E-state index < -0.39 is 6.10 Å². The molecule has 2 aliphatic rings. The number of allylic oxidation sites excluding steroid dienone is 1. The van der Waals surface area contributed by atoms with Crippen molar-refractivity contribution in [1.82, 2.24) is 19.9 Å². The van der Waals surface area contributed by atoms with Crippen LogP contribution in [0.3, 0.4) is 0 Å². The molecule has 0 bridgehead atoms. The molecule has 1 fully saturated rings. The summed E-state index contributed by atoms with van der Waals surface area (Å²) in [4.78, 5) is 18.6. The zero-order valence-corrected chi connectivity index (χ0v) is 20.9. The molecule has 5 atom stereocenters. The maximum atomic E-state index is 10.3. The van der Waals surface area contributed by atoms with Gasteiger partial charge in [-0.25, -0.2) is 9.97 Å². The second kappa shape index (κ2) is 10.2. The second-order valence-electron chi connectivity index (χ2n) is 9.12. The summed E-state index contributed by atoms with van der Waals surface area (Å²) in [7, 11) is 0. The molecule has 0 spiro atoms. The molecule has 0 aromatic carbocycles. The van der Waals surface area contributed by atoms with Crippen LogP contribution < -0.4 is 10.6 Å². The Balaban J connectivity index is 1.42. The van der Waals surface area contributed by atoms with Gasteiger partial charge in [-0.2, -0.15) is 4.98 Å². The van der Waals surface area contributed by atoms with Crippen LogP contribution in [0.2, 0.25) is 0 Å². The van der Waals surface area contributed by atoms with Crippen LogP contribution >= 0.6 is 23.1 Å². The molecular formula is C24H30N6O2S2. The standard InChI is InChI=1S/C24H30N6O2S2/c1-13-5-8-33-19(13)4-7-26-24-27-14(2)21(23-29-17-11-25-6-3-20(17)34-23)22(30-24)28-16-9-15(12-31)18(32)10-16/h3,5-6,8,11,13,15-16,18-19,31-32H,4,7,9-10,12H2,1-2H3,(H2,26,27,28,30)/t13?,15-,16-,18+,19?/m1/s1. The van der Waals surface area contributed by atoms with Gasteiger partial charge in [0.25, 0.3) is 0 Å². The van der Waals surface area contributed by atoms with Gasteiger partial charge in [-0.15, -0.1) is 23.1 Å². The Hall–Kier alpha value is -2.27. The first kappa shape index (κ1) is 23.5. The summed E-state index contributed by atoms with van der Waals surface area (Å²) in [5.74, 6) is 1.76. The number of hydrogen-bond acceptors (Lipinski definition) is 10. The van der Waals surface area contributed by atoms with Crippen molar-refractivity contribution < 1.29 is 10.2 Å². The highest BCUT2D eigenvalue weighted by Gasteiger charge is 2.33. The Kier molecular flexibility index (Phi) is 7.01. The molecule has 180 valence electrons. The lowest BCUT2D eigenvalue weighted by Crippen LogP contribution is -2.20. The first-order valence-electron chi connectivity index (χ1n) is 11.7. The third-order valence-electron chi connectivity index (χ3n) is 6.66. The van der Waals surface area contributed by atoms with Crippen LogP contribution in [-0.4, -0.2) is 60.7 Å². The minimum absolute atomic E-state index is 0.0147. The molecular weight excluding hydrogens is 468 g/mol. The van der Waals surface area contributed by atoms with Gasteiger partial charge in [-0.05, 0) is 43.6 Å². The number of rotatable bonds is 8. The number of aliphatic hydroxyl groups excluding tert-OH is 2. The van der Waals surface area contributed by atoms with E-state index in [2.05, 4.69) is 34.0 Å². The Labute approximate surface area is 207 Å². The summed E-state index contributed by atoms with van der Waals surface area (Å²) in [6.07, 6.45) is 7.58. The Bertz CT molecular complexity index is 1150. The topological polar surface area (TPSA) is 116 Å². The van der Waals surface area contributed by atoms with Crippen molar-refractivity contribution in [2.75, 3.05) is 23.8 Å². The molecule has 5 rings (SSSR count). The number of aryl methyl sites for hydroxylation is 1. The van der Waals surface area contributed by atoms with Crippen molar-refractivity contribution in [2.45, 2.75) is 50.5 Å². The summed E-state index contributed by atoms with van der Waals surface area (Å²) < 4.78 is 1.06. The zero-order valence-electron chi connectivity index (χ0n) is 19.3. The summed E-state index contributed by atoms with van der Waals surface area (Å²) in [6, 6.07) is 1.98. The highest BCUT2D eigenvalue weighted by molar-refractivity contribution is 8.03. The molecule has 10 heteroatoms. The molecule has 0 radical (unpaired) electrons. The molecule has 2 unspecified atom stereocenters. The first-order chi connectivity index (χ1) is 16.5. The average Bonchev–Trinajstić information content (AvgIpc) is 3.51. The van der Waals surface area contributed by atoms with Crippen LogP contribution in [0.15, 0.2) is 29.9 Å². The van der Waals surface area contributed by atoms with Crippen LogP contribution in [0, 0.1) is 18.8 Å². The third kappa shape index (κ3) is 4.91. The van der Waals surface area contributed by atoms with Gasteiger partial charge in [0.15, 0.2) is 0 Å². The van der Waals surface area contributed by atoms with Crippen molar-refractivity contribution in [3.63, 3.8) is 0 Å². The minimum atomic E-state index is -0.514. The fraction of sp³-hybridized carbons (Fsp3) is 0.500. The zero-order chi connectivity index (χ0) is 23.7. The number of aliphatic hydroxyl groups is 2. The van der Waals surface area contributed by atoms with Crippen LogP contribution in [0.4, 0.5) is 11.8 Å². The second-order valence-corrected chi connectivity index (χ2v) is 11.3. The number of aromatic nitrogens is 4. The van der Waals surface area contributed by atoms with Gasteiger partial charge in [0.2, 0.25) is 5.95 Å². The minimum Gasteiger partial charge on any atom is -0.396 e. The van der Waals surface area contributed by atoms with Crippen molar-refractivity contribution in [3.05, 3.63) is 35.6 Å². The van der Waals surface area contributed by atoms with E-state index in [9.17, 15) is 10.2 Å². The predicted molar refractivity (Wildman–Crippen MR) is 139 cm³/mol. The highest BCUT2D eigenvalue weighted by Crippen LogP contribution is 2.38. The van der Waals surface area contributed by atoms with Crippen molar-refractivity contribution in [3.8, 4) is 10.6 Å². The third-order valence-corrected chi connectivity index (χ3v) is 9.04. The highest BCUT2D eigenvalue weighted by atomic mass is 32.2. The molecule has 3 aromatic rings. The lowest BCUT2D eigenvalue weighted by Gasteiger charge is -2.19. The van der Waals surface area contributed by atoms with E-state index >= 15 is 0 Å². The molecule has 1 aliphatic heterocycles. The largest absolute Gasteiger partial charge is 0.396 e. The summed E-state index contributed by atoms with van der Waals surface area (Å²) in [5.41, 5.74) is 2.57. The summed E-state index contributed by atoms with van der Waals surface area (Å²) in [5, 5.41) is 30.5. The molecule has 3 aromatic heterocycles. The summed E-state index contributed by atoms with van der Waals surface area (Å²) >= 11 is 3.48. The van der Waals surface area contributed by atoms with Gasteiger partial charge in [0.05, 0.1) is 28.3 Å². The van der Waals surface area contributed by atoms with Crippen LogP contribution in [0.5, 0.6) is 0 Å². The molecule has 8 nitrogen and oxygen atoms in total. The predicted octanol–water partition coefficient (Wildman–Crippen LogP) is 4.07. The lowest BCUT2D eigenvalue weighted by atomic mass is 10.1. The number of fused-ring (bicyclic) bond motifs is 1. The van der Waals surface area contributed by atoms with Gasteiger partial charge in [0, 0.05) is 36.6 Å². The van der Waals surface area contributed by atoms with Gasteiger partial charge < -0.3 is 20.8 Å². The van der Waals surface area contributed by atoms with Crippen molar-refractivity contribution in [2.24, 2.45) is 11.8 Å². The number of hydrogen-bond donors (Lipinski definition) is 4. The van der Waals surface area contributed by atoms with Crippen LogP contribution in [0.1, 0.15) is 31.9 Å². The van der Waals surface area contributed by atoms with Gasteiger partial charge >= 0.3 is 0 Å². The fourth-order valence-electron chi connectivity index (χ4n) is 4.68. The van der Waals surface area contributed by atoms with Gasteiger partial charge in [-0.3, -0.25) is 4.98 Å². The first-order valence-corrected chi connectivity index (χ1v) is 13.5. The number of pyridine rings is 1. The number of anilines is 2. The monoisotopic (exact) mass is 498 g/mol. The molecule has 4 N–H and O–H groups in total. The number of thioether (sulfide) groups is 1. The Morgan fingerprint density at radius 1 is 1.21 bits per heavy atom. The van der Waals surface area contributed by atoms with Crippen molar-refractivity contribution >= 4 is 45.1 Å². The van der Waals surface area contributed by atoms with E-state index in [0.717, 1.165) is 39.4 Å². The summed E-state index contributed by atoms with van der Waals surface area (Å²) in [6.45, 7) is 5.01. The number of nitrogens with one attached hydrogen (secondary N) is 2. The van der Waals surface area contributed by atoms with Crippen molar-refractivity contribution in [1.29, 1.82) is 0 Å². The van der Waals surface area contributed by atoms with E-state index in [1.165, 1.54) is 0 Å². The Morgan fingerprint density at radius 2 is 2.09 bits per heavy atom. The lowest BCUT2D eigenvalue weighted by molar-refractivity contribution is 0.0908. The average molecular weight is 499 g/mol. The van der Waals surface area contributed by atoms with E-state index in [4.69, 9.17) is 15.0 Å². The Morgan fingerprint density at radius 3 is 2.82 bits per heavy atom. The molecule has 1 saturated carbocycles. The van der Waals surface area contributed by atoms with Gasteiger partial charge in [-0.1, -0.05) is 13.0 Å². The maximum absolute atomic E-state index is 10.3. The molecule has 34 heavy (non-hydrogen) atoms. The quantitative estimate of drug-likeness (QED) is 0.365. The van der Waals surface area contributed by atoms with E-state index in [0.29, 0.717) is 35.8 Å². The van der Waals surface area contributed by atoms with E-state index in [-0.39, 0.29) is 18.6 Å². The number of nitrogens with zero attached hydrogens (tertiary/aromatic N) is 4. The van der Waals surface area contributed by atoms with Crippen LogP contribution in [0.25, 0.3) is 20.8 Å². The molecule has 1 aliphatic carbocycles. The number of thiazole rings is 1. The van der Waals surface area contributed by atoms with Crippen LogP contribution in [-0.2, 0) is 0 Å².